The summed E-state index contributed by atoms with van der Waals surface area (Å²) < 4.78 is 0. The van der Waals surface area contributed by atoms with Crippen LogP contribution in [0.4, 0.5) is 5.69 Å². The third-order valence-electron chi connectivity index (χ3n) is 8.29. The molecule has 4 fully saturated rings. The molecule has 5 heteroatoms. The van der Waals surface area contributed by atoms with Crippen molar-refractivity contribution in [3.05, 3.63) is 18.2 Å². The maximum absolute atomic E-state index is 12.0. The maximum Gasteiger partial charge on any atom is 0.135 e. The fourth-order valence-corrected chi connectivity index (χ4v) is 6.33. The van der Waals surface area contributed by atoms with E-state index in [2.05, 4.69) is 19.8 Å². The Morgan fingerprint density at radius 2 is 1.70 bits per heavy atom. The van der Waals surface area contributed by atoms with Gasteiger partial charge >= 0.3 is 0 Å². The first-order chi connectivity index (χ1) is 14.5. The van der Waals surface area contributed by atoms with E-state index >= 15 is 0 Å². The van der Waals surface area contributed by atoms with Crippen LogP contribution in [0.3, 0.4) is 0 Å². The quantitative estimate of drug-likeness (QED) is 0.712. The van der Waals surface area contributed by atoms with E-state index < -0.39 is 0 Å². The Hall–Kier alpha value is -1.49. The Morgan fingerprint density at radius 1 is 1.07 bits per heavy atom. The molecule has 5 nitrogen and oxygen atoms in total. The van der Waals surface area contributed by atoms with Crippen molar-refractivity contribution in [1.82, 2.24) is 14.9 Å². The molecule has 1 saturated heterocycles. The Bertz CT molecular complexity index is 726. The Kier molecular flexibility index (Phi) is 6.20. The molecular weight excluding hydrogens is 372 g/mol. The van der Waals surface area contributed by atoms with E-state index in [1.165, 1.54) is 50.8 Å². The topological polar surface area (TPSA) is 49.3 Å². The highest BCUT2D eigenvalue weighted by molar-refractivity contribution is 5.80. The Morgan fingerprint density at radius 3 is 2.27 bits per heavy atom. The van der Waals surface area contributed by atoms with Crippen molar-refractivity contribution in [3.8, 4) is 0 Å². The number of rotatable bonds is 4. The number of nitrogens with zero attached hydrogens (tertiary/aromatic N) is 4. The zero-order valence-corrected chi connectivity index (χ0v) is 19.5. The number of ketones is 1. The number of piperazine rings is 1. The number of aromatic nitrogens is 2. The van der Waals surface area contributed by atoms with Crippen LogP contribution in [-0.4, -0.2) is 51.9 Å². The highest BCUT2D eigenvalue weighted by Crippen LogP contribution is 2.58. The summed E-state index contributed by atoms with van der Waals surface area (Å²) in [5, 5.41) is 0. The molecule has 1 aromatic heterocycles. The number of hydrogen-bond acceptors (Lipinski definition) is 5. The molecule has 1 aliphatic heterocycles. The SMILES string of the molecule is CC.CCC(=O)C1CCC2(CC1)CC(N1CCN(c3cnc(C)nc3)CC13CC3)C2. The first kappa shape index (κ1) is 21.7. The number of aryl methyl sites for hydroxylation is 1. The van der Waals surface area contributed by atoms with E-state index in [9.17, 15) is 4.79 Å². The lowest BCUT2D eigenvalue weighted by atomic mass is 9.56. The van der Waals surface area contributed by atoms with Crippen LogP contribution in [0.15, 0.2) is 12.4 Å². The predicted octanol–water partition coefficient (Wildman–Crippen LogP) is 4.78. The van der Waals surface area contributed by atoms with Gasteiger partial charge < -0.3 is 4.90 Å². The molecule has 0 unspecified atom stereocenters. The van der Waals surface area contributed by atoms with E-state index in [-0.39, 0.29) is 0 Å². The average molecular weight is 413 g/mol. The molecule has 5 rings (SSSR count). The molecule has 3 aliphatic carbocycles. The van der Waals surface area contributed by atoms with Crippen LogP contribution in [0.25, 0.3) is 0 Å². The van der Waals surface area contributed by atoms with Gasteiger partial charge in [0, 0.05) is 43.6 Å². The second-order valence-electron chi connectivity index (χ2n) is 9.98. The van der Waals surface area contributed by atoms with Crippen LogP contribution in [0, 0.1) is 18.3 Å². The van der Waals surface area contributed by atoms with E-state index in [1.54, 1.807) is 0 Å². The van der Waals surface area contributed by atoms with Gasteiger partial charge in [0.05, 0.1) is 18.1 Å². The number of Topliss-reactive ketones (excluding diaryl/α,β-unsaturated/α-hetero) is 1. The van der Waals surface area contributed by atoms with E-state index in [4.69, 9.17) is 0 Å². The summed E-state index contributed by atoms with van der Waals surface area (Å²) in [5.41, 5.74) is 2.15. The summed E-state index contributed by atoms with van der Waals surface area (Å²) in [6, 6.07) is 0.775. The van der Waals surface area contributed by atoms with Gasteiger partial charge in [0.15, 0.2) is 0 Å². The molecule has 0 radical (unpaired) electrons. The van der Waals surface area contributed by atoms with Gasteiger partial charge in [-0.3, -0.25) is 9.69 Å². The van der Waals surface area contributed by atoms with Crippen molar-refractivity contribution in [1.29, 1.82) is 0 Å². The Balaban J connectivity index is 0.00000106. The van der Waals surface area contributed by atoms with Crippen LogP contribution in [0.1, 0.15) is 84.4 Å². The first-order valence-corrected chi connectivity index (χ1v) is 12.4. The predicted molar refractivity (Wildman–Crippen MR) is 122 cm³/mol. The number of carbonyl (C=O) groups is 1. The number of anilines is 1. The van der Waals surface area contributed by atoms with Crippen LogP contribution >= 0.6 is 0 Å². The lowest BCUT2D eigenvalue weighted by Gasteiger charge is -2.58. The van der Waals surface area contributed by atoms with E-state index in [1.807, 2.05) is 40.1 Å². The van der Waals surface area contributed by atoms with Gasteiger partial charge in [0.1, 0.15) is 11.6 Å². The van der Waals surface area contributed by atoms with Crippen molar-refractivity contribution >= 4 is 11.5 Å². The summed E-state index contributed by atoms with van der Waals surface area (Å²) in [4.78, 5) is 26.2. The molecule has 30 heavy (non-hydrogen) atoms. The van der Waals surface area contributed by atoms with Crippen LogP contribution < -0.4 is 4.90 Å². The molecule has 166 valence electrons. The molecule has 0 atom stereocenters. The normalized spacial score (nSPS) is 32.3. The fourth-order valence-electron chi connectivity index (χ4n) is 6.33. The van der Waals surface area contributed by atoms with Gasteiger partial charge in [0.2, 0.25) is 0 Å². The molecular formula is C25H40N4O. The van der Waals surface area contributed by atoms with Gasteiger partial charge in [-0.2, -0.15) is 0 Å². The highest BCUT2D eigenvalue weighted by atomic mass is 16.1. The minimum Gasteiger partial charge on any atom is -0.366 e. The van der Waals surface area contributed by atoms with Gasteiger partial charge in [-0.05, 0) is 63.7 Å². The summed E-state index contributed by atoms with van der Waals surface area (Å²) in [7, 11) is 0. The molecule has 1 aromatic rings. The molecule has 0 amide bonds. The molecule has 0 bridgehead atoms. The molecule has 2 spiro atoms. The van der Waals surface area contributed by atoms with Gasteiger partial charge in [-0.15, -0.1) is 0 Å². The molecule has 4 aliphatic rings. The summed E-state index contributed by atoms with van der Waals surface area (Å²) in [5.74, 6) is 1.71. The zero-order valence-electron chi connectivity index (χ0n) is 19.5. The number of hydrogen-bond donors (Lipinski definition) is 0. The van der Waals surface area contributed by atoms with Crippen molar-refractivity contribution in [3.63, 3.8) is 0 Å². The van der Waals surface area contributed by atoms with Crippen molar-refractivity contribution < 1.29 is 4.79 Å². The third-order valence-corrected chi connectivity index (χ3v) is 8.29. The number of carbonyl (C=O) groups excluding carboxylic acids is 1. The Labute approximate surface area is 182 Å². The average Bonchev–Trinajstić information content (AvgIpc) is 3.53. The van der Waals surface area contributed by atoms with Gasteiger partial charge in [0.25, 0.3) is 0 Å². The fraction of sp³-hybridized carbons (Fsp3) is 0.800. The van der Waals surface area contributed by atoms with Crippen LogP contribution in [0.2, 0.25) is 0 Å². The van der Waals surface area contributed by atoms with Crippen molar-refractivity contribution in [2.24, 2.45) is 11.3 Å². The van der Waals surface area contributed by atoms with Crippen LogP contribution in [-0.2, 0) is 4.79 Å². The van der Waals surface area contributed by atoms with Crippen molar-refractivity contribution in [2.75, 3.05) is 24.5 Å². The van der Waals surface area contributed by atoms with Gasteiger partial charge in [-0.25, -0.2) is 9.97 Å². The minimum absolute atomic E-state index is 0.365. The highest BCUT2D eigenvalue weighted by Gasteiger charge is 2.58. The monoisotopic (exact) mass is 412 g/mol. The van der Waals surface area contributed by atoms with Crippen molar-refractivity contribution in [2.45, 2.75) is 97.1 Å². The molecule has 0 N–H and O–H groups in total. The summed E-state index contributed by atoms with van der Waals surface area (Å²) in [6.45, 7) is 11.4. The van der Waals surface area contributed by atoms with E-state index in [0.29, 0.717) is 22.7 Å². The maximum atomic E-state index is 12.0. The lowest BCUT2D eigenvalue weighted by Crippen LogP contribution is -2.63. The lowest BCUT2D eigenvalue weighted by molar-refractivity contribution is -0.126. The zero-order chi connectivity index (χ0) is 21.4. The first-order valence-electron chi connectivity index (χ1n) is 12.4. The smallest absolute Gasteiger partial charge is 0.135 e. The van der Waals surface area contributed by atoms with E-state index in [0.717, 1.165) is 44.2 Å². The molecule has 2 heterocycles. The second kappa shape index (κ2) is 8.57. The largest absolute Gasteiger partial charge is 0.366 e. The molecule has 0 aromatic carbocycles. The molecule has 3 saturated carbocycles. The van der Waals surface area contributed by atoms with Gasteiger partial charge in [-0.1, -0.05) is 20.8 Å². The summed E-state index contributed by atoms with van der Waals surface area (Å²) in [6.07, 6.45) is 15.0. The second-order valence-corrected chi connectivity index (χ2v) is 9.98. The summed E-state index contributed by atoms with van der Waals surface area (Å²) >= 11 is 0. The minimum atomic E-state index is 0.365. The third kappa shape index (κ3) is 4.02. The van der Waals surface area contributed by atoms with Crippen LogP contribution in [0.5, 0.6) is 0 Å². The standard InChI is InChI=1S/C23H34N4O.C2H6/c1-3-21(28)18-4-6-22(7-5-18)12-19(13-22)27-11-10-26(16-23(27)8-9-23)20-14-24-17(2)25-15-20;1-2/h14-15,18-19H,3-13,16H2,1-2H3;1-2H3.